The Balaban J connectivity index is 2.20. The van der Waals surface area contributed by atoms with Crippen molar-refractivity contribution in [2.45, 2.75) is 0 Å². The molecule has 0 aliphatic rings. The standard InChI is InChI=1S/C11H7IN2O4S/c12-10-3-6(5-19-10)11(16)13-8-2-1-7(14(17)18)4-9(8)15/h1-5,15H,(H,13,16). The molecule has 0 bridgehead atoms. The molecule has 2 N–H and O–H groups in total. The Morgan fingerprint density at radius 2 is 2.16 bits per heavy atom. The minimum atomic E-state index is -0.618. The van der Waals surface area contributed by atoms with Crippen molar-refractivity contribution in [3.05, 3.63) is 48.2 Å². The van der Waals surface area contributed by atoms with E-state index in [9.17, 15) is 20.0 Å². The van der Waals surface area contributed by atoms with E-state index in [1.807, 2.05) is 0 Å². The molecule has 1 aromatic heterocycles. The molecule has 2 rings (SSSR count). The van der Waals surface area contributed by atoms with Gasteiger partial charge in [0.2, 0.25) is 0 Å². The summed E-state index contributed by atoms with van der Waals surface area (Å²) < 4.78 is 0.968. The molecule has 0 radical (unpaired) electrons. The van der Waals surface area contributed by atoms with Gasteiger partial charge in [-0.05, 0) is 34.7 Å². The second-order valence-corrected chi connectivity index (χ2v) is 6.36. The number of nitrogens with one attached hydrogen (secondary N) is 1. The zero-order chi connectivity index (χ0) is 14.0. The first-order chi connectivity index (χ1) is 8.97. The highest BCUT2D eigenvalue weighted by Crippen LogP contribution is 2.28. The van der Waals surface area contributed by atoms with Gasteiger partial charge < -0.3 is 10.4 Å². The monoisotopic (exact) mass is 390 g/mol. The Bertz CT molecular complexity index is 656. The van der Waals surface area contributed by atoms with Crippen molar-refractivity contribution in [2.24, 2.45) is 0 Å². The molecule has 0 spiro atoms. The molecule has 2 aromatic rings. The number of carbonyl (C=O) groups excluding carboxylic acids is 1. The lowest BCUT2D eigenvalue weighted by molar-refractivity contribution is -0.384. The number of hydrogen-bond donors (Lipinski definition) is 2. The van der Waals surface area contributed by atoms with Gasteiger partial charge in [0, 0.05) is 11.4 Å². The average molecular weight is 390 g/mol. The van der Waals surface area contributed by atoms with Gasteiger partial charge in [-0.3, -0.25) is 14.9 Å². The van der Waals surface area contributed by atoms with Crippen LogP contribution < -0.4 is 5.32 Å². The molecule has 8 heteroatoms. The van der Waals surface area contributed by atoms with E-state index in [1.54, 1.807) is 11.4 Å². The highest BCUT2D eigenvalue weighted by molar-refractivity contribution is 14.1. The molecular weight excluding hydrogens is 383 g/mol. The largest absolute Gasteiger partial charge is 0.506 e. The molecule has 1 amide bonds. The predicted octanol–water partition coefficient (Wildman–Crippen LogP) is 3.22. The fraction of sp³-hybridized carbons (Fsp3) is 0. The van der Waals surface area contributed by atoms with E-state index >= 15 is 0 Å². The van der Waals surface area contributed by atoms with E-state index in [0.29, 0.717) is 5.56 Å². The third-order valence-electron chi connectivity index (χ3n) is 2.27. The molecule has 0 saturated carbocycles. The Hall–Kier alpha value is -1.68. The Morgan fingerprint density at radius 3 is 2.68 bits per heavy atom. The van der Waals surface area contributed by atoms with Gasteiger partial charge >= 0.3 is 0 Å². The van der Waals surface area contributed by atoms with Crippen LogP contribution in [0.15, 0.2) is 29.6 Å². The molecule has 0 atom stereocenters. The van der Waals surface area contributed by atoms with Gasteiger partial charge in [0.05, 0.1) is 25.1 Å². The first kappa shape index (κ1) is 13.7. The third-order valence-corrected chi connectivity index (χ3v) is 4.06. The molecule has 6 nitrogen and oxygen atoms in total. The number of rotatable bonds is 3. The van der Waals surface area contributed by atoms with Crippen LogP contribution in [0.25, 0.3) is 0 Å². The summed E-state index contributed by atoms with van der Waals surface area (Å²) in [6, 6.07) is 5.21. The first-order valence-electron chi connectivity index (χ1n) is 5.00. The van der Waals surface area contributed by atoms with E-state index < -0.39 is 4.92 Å². The van der Waals surface area contributed by atoms with Crippen LogP contribution in [-0.4, -0.2) is 15.9 Å². The van der Waals surface area contributed by atoms with Gasteiger partial charge in [0.15, 0.2) is 0 Å². The van der Waals surface area contributed by atoms with Crippen molar-refractivity contribution >= 4 is 51.2 Å². The molecule has 0 aliphatic carbocycles. The van der Waals surface area contributed by atoms with Gasteiger partial charge in [-0.1, -0.05) is 0 Å². The van der Waals surface area contributed by atoms with Gasteiger partial charge in [-0.15, -0.1) is 11.3 Å². The van der Waals surface area contributed by atoms with E-state index in [4.69, 9.17) is 0 Å². The van der Waals surface area contributed by atoms with Crippen molar-refractivity contribution in [3.63, 3.8) is 0 Å². The number of hydrogen-bond acceptors (Lipinski definition) is 5. The first-order valence-corrected chi connectivity index (χ1v) is 6.96. The molecule has 0 saturated heterocycles. The SMILES string of the molecule is O=C(Nc1ccc([N+](=O)[O-])cc1O)c1csc(I)c1. The van der Waals surface area contributed by atoms with Crippen LogP contribution in [0.3, 0.4) is 0 Å². The summed E-state index contributed by atoms with van der Waals surface area (Å²) in [7, 11) is 0. The summed E-state index contributed by atoms with van der Waals surface area (Å²) in [5.74, 6) is -0.712. The Morgan fingerprint density at radius 1 is 1.42 bits per heavy atom. The highest BCUT2D eigenvalue weighted by atomic mass is 127. The van der Waals surface area contributed by atoms with Crippen LogP contribution in [-0.2, 0) is 0 Å². The number of amides is 1. The number of halogens is 1. The van der Waals surface area contributed by atoms with Crippen LogP contribution in [0.2, 0.25) is 0 Å². The van der Waals surface area contributed by atoms with E-state index in [-0.39, 0.29) is 23.0 Å². The quantitative estimate of drug-likeness (QED) is 0.364. The van der Waals surface area contributed by atoms with Crippen molar-refractivity contribution in [1.82, 2.24) is 0 Å². The summed E-state index contributed by atoms with van der Waals surface area (Å²) in [5, 5.41) is 24.3. The summed E-state index contributed by atoms with van der Waals surface area (Å²) in [6.07, 6.45) is 0. The van der Waals surface area contributed by atoms with Crippen LogP contribution >= 0.6 is 33.9 Å². The lowest BCUT2D eigenvalue weighted by atomic mass is 10.2. The average Bonchev–Trinajstić information content (AvgIpc) is 2.78. The number of thiophene rings is 1. The third kappa shape index (κ3) is 3.20. The van der Waals surface area contributed by atoms with Crippen molar-refractivity contribution in [3.8, 4) is 5.75 Å². The van der Waals surface area contributed by atoms with Crippen LogP contribution in [0.5, 0.6) is 5.75 Å². The van der Waals surface area contributed by atoms with Crippen molar-refractivity contribution in [2.75, 3.05) is 5.32 Å². The van der Waals surface area contributed by atoms with E-state index in [2.05, 4.69) is 27.9 Å². The minimum absolute atomic E-state index is 0.136. The second kappa shape index (κ2) is 5.53. The summed E-state index contributed by atoms with van der Waals surface area (Å²) in [4.78, 5) is 21.7. The zero-order valence-electron chi connectivity index (χ0n) is 9.29. The van der Waals surface area contributed by atoms with Crippen LogP contribution in [0.4, 0.5) is 11.4 Å². The number of phenols is 1. The zero-order valence-corrected chi connectivity index (χ0v) is 12.3. The molecule has 1 aromatic carbocycles. The number of nitro benzene ring substituents is 1. The smallest absolute Gasteiger partial charge is 0.273 e. The number of anilines is 1. The number of aromatic hydroxyl groups is 1. The van der Waals surface area contributed by atoms with Crippen molar-refractivity contribution in [1.29, 1.82) is 0 Å². The molecule has 0 aliphatic heterocycles. The van der Waals surface area contributed by atoms with Crippen LogP contribution in [0, 0.1) is 13.0 Å². The molecule has 1 heterocycles. The number of nitrogens with zero attached hydrogens (tertiary/aromatic N) is 1. The summed E-state index contributed by atoms with van der Waals surface area (Å²) in [5.41, 5.74) is 0.379. The normalized spacial score (nSPS) is 10.2. The van der Waals surface area contributed by atoms with E-state index in [1.165, 1.54) is 23.5 Å². The van der Waals surface area contributed by atoms with Crippen molar-refractivity contribution < 1.29 is 14.8 Å². The fourth-order valence-electron chi connectivity index (χ4n) is 1.36. The number of carbonyl (C=O) groups is 1. The Labute approximate surface area is 125 Å². The van der Waals surface area contributed by atoms with Gasteiger partial charge in [-0.2, -0.15) is 0 Å². The number of phenolic OH excluding ortho intramolecular Hbond substituents is 1. The molecule has 19 heavy (non-hydrogen) atoms. The maximum absolute atomic E-state index is 11.8. The van der Waals surface area contributed by atoms with Gasteiger partial charge in [0.25, 0.3) is 11.6 Å². The lowest BCUT2D eigenvalue weighted by Gasteiger charge is -2.05. The highest BCUT2D eigenvalue weighted by Gasteiger charge is 2.13. The fourth-order valence-corrected chi connectivity index (χ4v) is 2.69. The maximum Gasteiger partial charge on any atom is 0.273 e. The minimum Gasteiger partial charge on any atom is -0.506 e. The second-order valence-electron chi connectivity index (χ2n) is 3.55. The number of benzene rings is 1. The number of nitro groups is 1. The maximum atomic E-state index is 11.8. The summed E-state index contributed by atoms with van der Waals surface area (Å²) >= 11 is 3.53. The van der Waals surface area contributed by atoms with Gasteiger partial charge in [0.1, 0.15) is 5.75 Å². The summed E-state index contributed by atoms with van der Waals surface area (Å²) in [6.45, 7) is 0. The van der Waals surface area contributed by atoms with E-state index in [0.717, 1.165) is 8.95 Å². The molecule has 98 valence electrons. The van der Waals surface area contributed by atoms with Crippen LogP contribution in [0.1, 0.15) is 10.4 Å². The Kier molecular flexibility index (Phi) is 4.00. The topological polar surface area (TPSA) is 92.5 Å². The molecule has 0 unspecified atom stereocenters. The number of non-ortho nitro benzene ring substituents is 1. The van der Waals surface area contributed by atoms with Gasteiger partial charge in [-0.25, -0.2) is 0 Å². The molecular formula is C11H7IN2O4S. The predicted molar refractivity (Wildman–Crippen MR) is 79.8 cm³/mol. The lowest BCUT2D eigenvalue weighted by Crippen LogP contribution is -2.10. The molecule has 0 fully saturated rings.